The second-order valence-corrected chi connectivity index (χ2v) is 5.97. The van der Waals surface area contributed by atoms with Crippen molar-refractivity contribution in [2.75, 3.05) is 36.5 Å². The van der Waals surface area contributed by atoms with Gasteiger partial charge in [0.15, 0.2) is 0 Å². The Morgan fingerprint density at radius 3 is 2.74 bits per heavy atom. The first-order valence-electron chi connectivity index (χ1n) is 6.72. The van der Waals surface area contributed by atoms with E-state index < -0.39 is 0 Å². The molecule has 0 N–H and O–H groups in total. The molecule has 2 rings (SSSR count). The lowest BCUT2D eigenvalue weighted by atomic mass is 10.1. The number of piperazine rings is 1. The molecule has 1 atom stereocenters. The van der Waals surface area contributed by atoms with Crippen molar-refractivity contribution < 1.29 is 4.79 Å². The van der Waals surface area contributed by atoms with Gasteiger partial charge in [-0.25, -0.2) is 0 Å². The van der Waals surface area contributed by atoms with Gasteiger partial charge in [-0.3, -0.25) is 4.79 Å². The largest absolute Gasteiger partial charge is 0.367 e. The molecule has 0 aromatic heterocycles. The molecule has 1 amide bonds. The minimum atomic E-state index is 0.268. The minimum Gasteiger partial charge on any atom is -0.367 e. The number of rotatable bonds is 3. The van der Waals surface area contributed by atoms with Crippen LogP contribution in [0.25, 0.3) is 0 Å². The highest BCUT2D eigenvalue weighted by molar-refractivity contribution is 7.99. The molecular weight excluding hydrogens is 256 g/mol. The molecular formula is C15H22N2OS. The summed E-state index contributed by atoms with van der Waals surface area (Å²) in [5.41, 5.74) is 2.60. The zero-order chi connectivity index (χ0) is 13.8. The van der Waals surface area contributed by atoms with E-state index in [4.69, 9.17) is 0 Å². The molecule has 0 spiro atoms. The lowest BCUT2D eigenvalue weighted by molar-refractivity contribution is -0.130. The van der Waals surface area contributed by atoms with Crippen LogP contribution in [-0.4, -0.2) is 48.5 Å². The average Bonchev–Trinajstić information content (AvgIpc) is 2.39. The van der Waals surface area contributed by atoms with E-state index in [0.717, 1.165) is 19.6 Å². The van der Waals surface area contributed by atoms with E-state index in [1.165, 1.54) is 11.3 Å². The minimum absolute atomic E-state index is 0.268. The summed E-state index contributed by atoms with van der Waals surface area (Å²) in [5, 5.41) is 0. The monoisotopic (exact) mass is 278 g/mol. The van der Waals surface area contributed by atoms with Crippen molar-refractivity contribution in [1.82, 2.24) is 4.90 Å². The van der Waals surface area contributed by atoms with Crippen LogP contribution in [0, 0.1) is 6.92 Å². The van der Waals surface area contributed by atoms with Crippen LogP contribution in [-0.2, 0) is 4.79 Å². The summed E-state index contributed by atoms with van der Waals surface area (Å²) in [7, 11) is 0. The maximum absolute atomic E-state index is 12.0. The van der Waals surface area contributed by atoms with E-state index in [1.54, 1.807) is 11.8 Å². The summed E-state index contributed by atoms with van der Waals surface area (Å²) in [6.07, 6.45) is 1.98. The van der Waals surface area contributed by atoms with Crippen molar-refractivity contribution in [2.45, 2.75) is 19.9 Å². The van der Waals surface area contributed by atoms with Crippen LogP contribution in [0.4, 0.5) is 5.69 Å². The number of nitrogens with zero attached hydrogens (tertiary/aromatic N) is 2. The first-order valence-corrected chi connectivity index (χ1v) is 8.12. The Bertz CT molecular complexity index is 450. The molecule has 1 aliphatic heterocycles. The zero-order valence-electron chi connectivity index (χ0n) is 11.9. The van der Waals surface area contributed by atoms with Crippen LogP contribution in [0.2, 0.25) is 0 Å². The molecule has 3 nitrogen and oxygen atoms in total. The number of hydrogen-bond donors (Lipinski definition) is 0. The van der Waals surface area contributed by atoms with E-state index in [1.807, 2.05) is 11.2 Å². The van der Waals surface area contributed by atoms with E-state index >= 15 is 0 Å². The Balaban J connectivity index is 2.04. The van der Waals surface area contributed by atoms with Crippen molar-refractivity contribution in [3.05, 3.63) is 29.8 Å². The molecule has 0 radical (unpaired) electrons. The number of carbonyl (C=O) groups is 1. The quantitative estimate of drug-likeness (QED) is 0.848. The fourth-order valence-corrected chi connectivity index (χ4v) is 3.08. The third-order valence-corrected chi connectivity index (χ3v) is 4.21. The van der Waals surface area contributed by atoms with E-state index in [9.17, 15) is 4.79 Å². The maximum atomic E-state index is 12.0. The summed E-state index contributed by atoms with van der Waals surface area (Å²) in [5.74, 6) is 0.860. The van der Waals surface area contributed by atoms with Crippen molar-refractivity contribution in [3.63, 3.8) is 0 Å². The Labute approximate surface area is 120 Å². The number of benzene rings is 1. The molecule has 1 saturated heterocycles. The Hall–Kier alpha value is -1.16. The van der Waals surface area contributed by atoms with Gasteiger partial charge in [0.2, 0.25) is 5.91 Å². The van der Waals surface area contributed by atoms with Crippen molar-refractivity contribution in [1.29, 1.82) is 0 Å². The van der Waals surface area contributed by atoms with Gasteiger partial charge in [-0.2, -0.15) is 11.8 Å². The molecule has 1 aromatic carbocycles. The summed E-state index contributed by atoms with van der Waals surface area (Å²) < 4.78 is 0. The number of para-hydroxylation sites is 1. The van der Waals surface area contributed by atoms with Gasteiger partial charge in [0, 0.05) is 31.4 Å². The predicted octanol–water partition coefficient (Wildman–Crippen LogP) is 2.40. The molecule has 0 aliphatic carbocycles. The SMILES string of the molecule is CSCC(=O)N1CCN(c2ccccc2C)C[C@@H]1C. The molecule has 1 heterocycles. The first-order chi connectivity index (χ1) is 9.13. The summed E-state index contributed by atoms with van der Waals surface area (Å²) in [6.45, 7) is 6.96. The lowest BCUT2D eigenvalue weighted by Gasteiger charge is -2.41. The molecule has 1 fully saturated rings. The Morgan fingerprint density at radius 1 is 1.37 bits per heavy atom. The van der Waals surface area contributed by atoms with Gasteiger partial charge in [-0.05, 0) is 31.7 Å². The maximum Gasteiger partial charge on any atom is 0.232 e. The summed E-state index contributed by atoms with van der Waals surface area (Å²) in [6, 6.07) is 8.75. The molecule has 1 aliphatic rings. The van der Waals surface area contributed by atoms with Gasteiger partial charge in [0.1, 0.15) is 0 Å². The second kappa shape index (κ2) is 6.33. The third-order valence-electron chi connectivity index (χ3n) is 3.67. The van der Waals surface area contributed by atoms with Crippen molar-refractivity contribution in [3.8, 4) is 0 Å². The normalized spacial score (nSPS) is 19.6. The third kappa shape index (κ3) is 3.24. The summed E-state index contributed by atoms with van der Waals surface area (Å²) >= 11 is 1.60. The van der Waals surface area contributed by atoms with E-state index in [2.05, 4.69) is 43.0 Å². The molecule has 0 unspecified atom stereocenters. The lowest BCUT2D eigenvalue weighted by Crippen LogP contribution is -2.54. The molecule has 1 aromatic rings. The number of hydrogen-bond acceptors (Lipinski definition) is 3. The second-order valence-electron chi connectivity index (χ2n) is 5.10. The smallest absolute Gasteiger partial charge is 0.232 e. The molecule has 19 heavy (non-hydrogen) atoms. The number of anilines is 1. The van der Waals surface area contributed by atoms with Crippen LogP contribution in [0.3, 0.4) is 0 Å². The van der Waals surface area contributed by atoms with E-state index in [-0.39, 0.29) is 11.9 Å². The van der Waals surface area contributed by atoms with Crippen molar-refractivity contribution >= 4 is 23.4 Å². The van der Waals surface area contributed by atoms with Crippen LogP contribution in [0.1, 0.15) is 12.5 Å². The molecule has 104 valence electrons. The topological polar surface area (TPSA) is 23.6 Å². The fourth-order valence-electron chi connectivity index (χ4n) is 2.67. The molecule has 0 bridgehead atoms. The fraction of sp³-hybridized carbons (Fsp3) is 0.533. The Kier molecular flexibility index (Phi) is 4.75. The highest BCUT2D eigenvalue weighted by atomic mass is 32.2. The van der Waals surface area contributed by atoms with Crippen LogP contribution in [0.15, 0.2) is 24.3 Å². The van der Waals surface area contributed by atoms with Crippen LogP contribution >= 0.6 is 11.8 Å². The zero-order valence-corrected chi connectivity index (χ0v) is 12.7. The van der Waals surface area contributed by atoms with Gasteiger partial charge >= 0.3 is 0 Å². The number of aryl methyl sites for hydroxylation is 1. The standard InChI is InChI=1S/C15H22N2OS/c1-12-6-4-5-7-14(12)16-8-9-17(13(2)10-16)15(18)11-19-3/h4-7,13H,8-11H2,1-3H3/t13-/m0/s1. The van der Waals surface area contributed by atoms with Gasteiger partial charge in [-0.15, -0.1) is 0 Å². The molecule has 4 heteroatoms. The van der Waals surface area contributed by atoms with Gasteiger partial charge in [-0.1, -0.05) is 18.2 Å². The highest BCUT2D eigenvalue weighted by Crippen LogP contribution is 2.23. The highest BCUT2D eigenvalue weighted by Gasteiger charge is 2.27. The predicted molar refractivity (Wildman–Crippen MR) is 82.9 cm³/mol. The van der Waals surface area contributed by atoms with Crippen LogP contribution in [0.5, 0.6) is 0 Å². The van der Waals surface area contributed by atoms with Crippen molar-refractivity contribution in [2.24, 2.45) is 0 Å². The number of amides is 1. The number of carbonyl (C=O) groups excluding carboxylic acids is 1. The van der Waals surface area contributed by atoms with Gasteiger partial charge < -0.3 is 9.80 Å². The van der Waals surface area contributed by atoms with Crippen LogP contribution < -0.4 is 4.90 Å². The first kappa shape index (κ1) is 14.3. The Morgan fingerprint density at radius 2 is 2.11 bits per heavy atom. The summed E-state index contributed by atoms with van der Waals surface area (Å²) in [4.78, 5) is 16.4. The van der Waals surface area contributed by atoms with Gasteiger partial charge in [0.05, 0.1) is 5.75 Å². The number of thioether (sulfide) groups is 1. The van der Waals surface area contributed by atoms with Gasteiger partial charge in [0.25, 0.3) is 0 Å². The average molecular weight is 278 g/mol. The van der Waals surface area contributed by atoms with E-state index in [0.29, 0.717) is 5.75 Å². The molecule has 0 saturated carbocycles.